The van der Waals surface area contributed by atoms with E-state index >= 15 is 0 Å². The number of nitrogens with one attached hydrogen (secondary N) is 2. The van der Waals surface area contributed by atoms with Crippen LogP contribution in [0, 0.1) is 0 Å². The van der Waals surface area contributed by atoms with E-state index in [9.17, 15) is 21.6 Å². The van der Waals surface area contributed by atoms with Crippen LogP contribution in [-0.4, -0.2) is 57.4 Å². The van der Waals surface area contributed by atoms with Gasteiger partial charge in [-0.1, -0.05) is 12.8 Å². The minimum absolute atomic E-state index is 0.000103. The molecule has 32 heavy (non-hydrogen) atoms. The van der Waals surface area contributed by atoms with Gasteiger partial charge in [-0.05, 0) is 25.7 Å². The predicted octanol–water partition coefficient (Wildman–Crippen LogP) is 2.85. The van der Waals surface area contributed by atoms with Crippen LogP contribution in [0.15, 0.2) is 23.7 Å². The van der Waals surface area contributed by atoms with Crippen molar-refractivity contribution in [1.29, 1.82) is 0 Å². The quantitative estimate of drug-likeness (QED) is 0.665. The largest absolute Gasteiger partial charge is 0.421 e. The van der Waals surface area contributed by atoms with Crippen LogP contribution in [0.2, 0.25) is 0 Å². The van der Waals surface area contributed by atoms with Gasteiger partial charge in [0.1, 0.15) is 11.4 Å². The molecule has 1 saturated carbocycles. The lowest BCUT2D eigenvalue weighted by Crippen LogP contribution is -2.42. The van der Waals surface area contributed by atoms with Gasteiger partial charge in [0, 0.05) is 44.6 Å². The molecule has 176 valence electrons. The average molecular weight is 474 g/mol. The third kappa shape index (κ3) is 4.98. The van der Waals surface area contributed by atoms with E-state index in [0.717, 1.165) is 31.9 Å². The van der Waals surface area contributed by atoms with Crippen LogP contribution in [0.4, 0.5) is 24.9 Å². The number of anilines is 2. The summed E-state index contributed by atoms with van der Waals surface area (Å²) in [6.07, 6.45) is 3.67. The van der Waals surface area contributed by atoms with Crippen molar-refractivity contribution in [2.24, 2.45) is 7.05 Å². The Bertz CT molecular complexity index is 1040. The Labute approximate surface area is 184 Å². The summed E-state index contributed by atoms with van der Waals surface area (Å²) in [5.41, 5.74) is -0.883. The Morgan fingerprint density at radius 3 is 2.28 bits per heavy atom. The summed E-state index contributed by atoms with van der Waals surface area (Å²) < 4.78 is 68.5. The molecule has 0 bridgehead atoms. The summed E-state index contributed by atoms with van der Waals surface area (Å²) in [6, 6.07) is -0.180. The second-order valence-electron chi connectivity index (χ2n) is 8.28. The number of aryl methyl sites for hydroxylation is 1. The molecular weight excluding hydrogens is 447 g/mol. The van der Waals surface area contributed by atoms with Crippen molar-refractivity contribution in [3.05, 3.63) is 24.3 Å². The molecule has 1 saturated heterocycles. The first-order chi connectivity index (χ1) is 15.1. The summed E-state index contributed by atoms with van der Waals surface area (Å²) in [7, 11) is -1.98. The molecule has 1 aliphatic heterocycles. The van der Waals surface area contributed by atoms with Crippen molar-refractivity contribution in [2.45, 2.75) is 61.8 Å². The molecule has 4 rings (SSSR count). The zero-order valence-electron chi connectivity index (χ0n) is 17.6. The number of hydrogen-bond acceptors (Lipinski definition) is 7. The van der Waals surface area contributed by atoms with Crippen LogP contribution < -0.4 is 10.6 Å². The molecule has 0 amide bonds. The van der Waals surface area contributed by atoms with Gasteiger partial charge < -0.3 is 15.2 Å². The summed E-state index contributed by atoms with van der Waals surface area (Å²) in [4.78, 5) is 11.9. The summed E-state index contributed by atoms with van der Waals surface area (Å²) >= 11 is 0. The number of hydrogen-bond donors (Lipinski definition) is 2. The third-order valence-corrected chi connectivity index (χ3v) is 7.65. The normalized spacial score (nSPS) is 19.4. The smallest absolute Gasteiger partial charge is 0.367 e. The van der Waals surface area contributed by atoms with E-state index in [0.29, 0.717) is 12.8 Å². The molecule has 0 atom stereocenters. The van der Waals surface area contributed by atoms with Crippen molar-refractivity contribution >= 4 is 21.8 Å². The highest BCUT2D eigenvalue weighted by molar-refractivity contribution is 7.89. The highest BCUT2D eigenvalue weighted by Gasteiger charge is 2.36. The fourth-order valence-electron chi connectivity index (χ4n) is 4.11. The first kappa shape index (κ1) is 22.8. The SMILES string of the molecule is Cn1cnc(S(=O)(=O)N2CCC(Nc3ncc(C(F)(F)F)c(NC4CCCC4)n3)CC2)c1. The van der Waals surface area contributed by atoms with Crippen LogP contribution in [-0.2, 0) is 23.2 Å². The number of imidazole rings is 1. The zero-order valence-corrected chi connectivity index (χ0v) is 18.5. The molecule has 1 aliphatic carbocycles. The molecule has 13 heteroatoms. The number of halogens is 3. The van der Waals surface area contributed by atoms with Gasteiger partial charge >= 0.3 is 6.18 Å². The second-order valence-corrected chi connectivity index (χ2v) is 10.2. The Kier molecular flexibility index (Phi) is 6.30. The van der Waals surface area contributed by atoms with Crippen molar-refractivity contribution in [2.75, 3.05) is 23.7 Å². The zero-order chi connectivity index (χ0) is 22.9. The van der Waals surface area contributed by atoms with Gasteiger partial charge in [0.15, 0.2) is 5.03 Å². The fourth-order valence-corrected chi connectivity index (χ4v) is 5.55. The lowest BCUT2D eigenvalue weighted by Gasteiger charge is -2.31. The highest BCUT2D eigenvalue weighted by Crippen LogP contribution is 2.35. The molecule has 0 spiro atoms. The maximum Gasteiger partial charge on any atom is 0.421 e. The van der Waals surface area contributed by atoms with Gasteiger partial charge in [-0.25, -0.2) is 18.4 Å². The van der Waals surface area contributed by atoms with Gasteiger partial charge in [-0.3, -0.25) is 0 Å². The number of rotatable bonds is 6. The Balaban J connectivity index is 1.42. The minimum atomic E-state index is -4.55. The molecule has 0 aromatic carbocycles. The molecule has 0 unspecified atom stereocenters. The Hall–Kier alpha value is -2.41. The van der Waals surface area contributed by atoms with Crippen LogP contribution in [0.1, 0.15) is 44.1 Å². The summed E-state index contributed by atoms with van der Waals surface area (Å²) in [5.74, 6) is -0.110. The Morgan fingerprint density at radius 2 is 1.69 bits per heavy atom. The number of nitrogens with zero attached hydrogens (tertiary/aromatic N) is 5. The lowest BCUT2D eigenvalue weighted by atomic mass is 10.1. The molecule has 2 N–H and O–H groups in total. The van der Waals surface area contributed by atoms with Crippen molar-refractivity contribution < 1.29 is 21.6 Å². The van der Waals surface area contributed by atoms with E-state index < -0.39 is 21.8 Å². The monoisotopic (exact) mass is 473 g/mol. The van der Waals surface area contributed by atoms with Crippen LogP contribution in [0.5, 0.6) is 0 Å². The summed E-state index contributed by atoms with van der Waals surface area (Å²) in [6.45, 7) is 0.536. The maximum atomic E-state index is 13.4. The average Bonchev–Trinajstić information content (AvgIpc) is 3.40. The standard InChI is InChI=1S/C19H26F3N7O2S/c1-28-11-16(24-12-28)32(30,31)29-8-6-14(7-9-29)26-18-23-10-15(19(20,21)22)17(27-18)25-13-4-2-3-5-13/h10-14H,2-9H2,1H3,(H2,23,25,26,27). The van der Waals surface area contributed by atoms with Crippen LogP contribution >= 0.6 is 0 Å². The van der Waals surface area contributed by atoms with Gasteiger partial charge in [0.05, 0.1) is 6.33 Å². The molecule has 3 heterocycles. The highest BCUT2D eigenvalue weighted by atomic mass is 32.2. The van der Waals surface area contributed by atoms with E-state index in [1.807, 2.05) is 0 Å². The van der Waals surface area contributed by atoms with Crippen molar-refractivity contribution in [1.82, 2.24) is 23.8 Å². The third-order valence-electron chi connectivity index (χ3n) is 5.86. The molecule has 0 radical (unpaired) electrons. The van der Waals surface area contributed by atoms with Gasteiger partial charge in [-0.15, -0.1) is 0 Å². The van der Waals surface area contributed by atoms with E-state index in [-0.39, 0.29) is 42.0 Å². The van der Waals surface area contributed by atoms with E-state index in [1.165, 1.54) is 16.8 Å². The van der Waals surface area contributed by atoms with E-state index in [2.05, 4.69) is 25.6 Å². The Morgan fingerprint density at radius 1 is 1.03 bits per heavy atom. The number of piperidine rings is 1. The number of aromatic nitrogens is 4. The van der Waals surface area contributed by atoms with E-state index in [1.54, 1.807) is 11.6 Å². The van der Waals surface area contributed by atoms with Crippen molar-refractivity contribution in [3.63, 3.8) is 0 Å². The van der Waals surface area contributed by atoms with Crippen LogP contribution in [0.25, 0.3) is 0 Å². The molecule has 9 nitrogen and oxygen atoms in total. The first-order valence-electron chi connectivity index (χ1n) is 10.6. The molecule has 2 fully saturated rings. The lowest BCUT2D eigenvalue weighted by molar-refractivity contribution is -0.137. The molecular formula is C19H26F3N7O2S. The van der Waals surface area contributed by atoms with E-state index in [4.69, 9.17) is 0 Å². The van der Waals surface area contributed by atoms with Gasteiger partial charge in [0.2, 0.25) is 5.95 Å². The summed E-state index contributed by atoms with van der Waals surface area (Å²) in [5, 5.41) is 6.00. The van der Waals surface area contributed by atoms with Gasteiger partial charge in [-0.2, -0.15) is 22.5 Å². The fraction of sp³-hybridized carbons (Fsp3) is 0.632. The number of sulfonamides is 1. The number of alkyl halides is 3. The molecule has 2 aromatic heterocycles. The topological polar surface area (TPSA) is 105 Å². The van der Waals surface area contributed by atoms with Crippen LogP contribution in [0.3, 0.4) is 0 Å². The maximum absolute atomic E-state index is 13.4. The minimum Gasteiger partial charge on any atom is -0.367 e. The molecule has 2 aromatic rings. The van der Waals surface area contributed by atoms with Gasteiger partial charge in [0.25, 0.3) is 10.0 Å². The second kappa shape index (κ2) is 8.85. The first-order valence-corrected chi connectivity index (χ1v) is 12.0. The predicted molar refractivity (Wildman–Crippen MR) is 112 cm³/mol. The molecule has 2 aliphatic rings. The van der Waals surface area contributed by atoms with Crippen molar-refractivity contribution in [3.8, 4) is 0 Å².